The van der Waals surface area contributed by atoms with E-state index in [2.05, 4.69) is 10.0 Å². The summed E-state index contributed by atoms with van der Waals surface area (Å²) in [6, 6.07) is 11.3. The van der Waals surface area contributed by atoms with Gasteiger partial charge in [0.1, 0.15) is 5.75 Å². The van der Waals surface area contributed by atoms with Gasteiger partial charge >= 0.3 is 0 Å². The second-order valence-electron chi connectivity index (χ2n) is 6.82. The minimum Gasteiger partial charge on any atom is -0.484 e. The minimum atomic E-state index is -3.54. The van der Waals surface area contributed by atoms with Crippen LogP contribution in [0.15, 0.2) is 47.4 Å². The Bertz CT molecular complexity index is 939. The number of carbonyl (C=O) groups excluding carboxylic acids is 1. The Morgan fingerprint density at radius 1 is 1.14 bits per heavy atom. The molecule has 8 heteroatoms. The normalized spacial score (nSPS) is 14.8. The number of sulfonamides is 1. The Labute approximate surface area is 170 Å². The molecule has 0 unspecified atom stereocenters. The van der Waals surface area contributed by atoms with Crippen molar-refractivity contribution in [2.45, 2.75) is 43.5 Å². The fourth-order valence-corrected chi connectivity index (χ4v) is 4.60. The second kappa shape index (κ2) is 8.94. The zero-order valence-electron chi connectivity index (χ0n) is 15.6. The van der Waals surface area contributed by atoms with Gasteiger partial charge in [-0.05, 0) is 61.7 Å². The van der Waals surface area contributed by atoms with E-state index in [1.807, 2.05) is 6.92 Å². The zero-order valence-corrected chi connectivity index (χ0v) is 17.1. The van der Waals surface area contributed by atoms with Crippen LogP contribution in [-0.2, 0) is 14.8 Å². The lowest BCUT2D eigenvalue weighted by atomic mass is 10.2. The maximum absolute atomic E-state index is 12.4. The van der Waals surface area contributed by atoms with Crippen molar-refractivity contribution in [2.75, 3.05) is 11.9 Å². The topological polar surface area (TPSA) is 84.5 Å². The Balaban J connectivity index is 1.55. The van der Waals surface area contributed by atoms with Gasteiger partial charge in [0.15, 0.2) is 6.61 Å². The lowest BCUT2D eigenvalue weighted by molar-refractivity contribution is -0.118. The number of hydrogen-bond acceptors (Lipinski definition) is 4. The van der Waals surface area contributed by atoms with E-state index in [9.17, 15) is 13.2 Å². The maximum atomic E-state index is 12.4. The molecule has 0 radical (unpaired) electrons. The van der Waals surface area contributed by atoms with E-state index in [-0.39, 0.29) is 23.5 Å². The highest BCUT2D eigenvalue weighted by atomic mass is 35.5. The third kappa shape index (κ3) is 5.25. The van der Waals surface area contributed by atoms with Gasteiger partial charge in [0.2, 0.25) is 10.0 Å². The summed E-state index contributed by atoms with van der Waals surface area (Å²) >= 11 is 6.04. The van der Waals surface area contributed by atoms with Gasteiger partial charge < -0.3 is 10.1 Å². The molecule has 1 fully saturated rings. The molecule has 1 aliphatic rings. The Morgan fingerprint density at radius 3 is 2.50 bits per heavy atom. The van der Waals surface area contributed by atoms with Crippen molar-refractivity contribution in [3.05, 3.63) is 53.1 Å². The summed E-state index contributed by atoms with van der Waals surface area (Å²) in [6.07, 6.45) is 3.86. The lowest BCUT2D eigenvalue weighted by Crippen LogP contribution is -2.32. The standard InChI is InChI=1S/C20H23ClN2O4S/c1-14-18(21)7-4-8-19(14)22-20(24)13-27-16-9-11-17(12-10-16)28(25,26)23-15-5-2-3-6-15/h4,7-12,15,23H,2-3,5-6,13H2,1H3,(H,22,24). The van der Waals surface area contributed by atoms with Crippen molar-refractivity contribution >= 4 is 33.2 Å². The first-order chi connectivity index (χ1) is 13.3. The van der Waals surface area contributed by atoms with Crippen LogP contribution in [0.25, 0.3) is 0 Å². The molecule has 0 bridgehead atoms. The van der Waals surface area contributed by atoms with Crippen molar-refractivity contribution in [3.8, 4) is 5.75 Å². The number of hydrogen-bond donors (Lipinski definition) is 2. The molecule has 150 valence electrons. The number of ether oxygens (including phenoxy) is 1. The molecule has 0 saturated heterocycles. The van der Waals surface area contributed by atoms with Crippen molar-refractivity contribution in [2.24, 2.45) is 0 Å². The molecule has 1 saturated carbocycles. The van der Waals surface area contributed by atoms with Crippen LogP contribution in [0.2, 0.25) is 5.02 Å². The second-order valence-corrected chi connectivity index (χ2v) is 8.94. The molecular weight excluding hydrogens is 400 g/mol. The highest BCUT2D eigenvalue weighted by Crippen LogP contribution is 2.23. The predicted molar refractivity (Wildman–Crippen MR) is 109 cm³/mol. The highest BCUT2D eigenvalue weighted by molar-refractivity contribution is 7.89. The fourth-order valence-electron chi connectivity index (χ4n) is 3.12. The molecule has 0 heterocycles. The molecule has 1 amide bonds. The zero-order chi connectivity index (χ0) is 20.1. The van der Waals surface area contributed by atoms with Crippen LogP contribution in [0, 0.1) is 6.92 Å². The molecule has 6 nitrogen and oxygen atoms in total. The summed E-state index contributed by atoms with van der Waals surface area (Å²) in [5.74, 6) is 0.0859. The molecule has 2 aromatic rings. The first-order valence-electron chi connectivity index (χ1n) is 9.15. The smallest absolute Gasteiger partial charge is 0.262 e. The molecule has 2 aromatic carbocycles. The van der Waals surface area contributed by atoms with E-state index >= 15 is 0 Å². The van der Waals surface area contributed by atoms with Gasteiger partial charge in [0.05, 0.1) is 4.90 Å². The lowest BCUT2D eigenvalue weighted by Gasteiger charge is -2.13. The van der Waals surface area contributed by atoms with Crippen LogP contribution in [0.5, 0.6) is 5.75 Å². The van der Waals surface area contributed by atoms with Crippen LogP contribution < -0.4 is 14.8 Å². The fraction of sp³-hybridized carbons (Fsp3) is 0.350. The average molecular weight is 423 g/mol. The first-order valence-corrected chi connectivity index (χ1v) is 11.0. The highest BCUT2D eigenvalue weighted by Gasteiger charge is 2.22. The molecule has 0 aromatic heterocycles. The summed E-state index contributed by atoms with van der Waals surface area (Å²) in [5.41, 5.74) is 1.40. The first kappa shape index (κ1) is 20.6. The SMILES string of the molecule is Cc1c(Cl)cccc1NC(=O)COc1ccc(S(=O)(=O)NC2CCCC2)cc1. The molecule has 3 rings (SSSR count). The number of rotatable bonds is 7. The van der Waals surface area contributed by atoms with Crippen LogP contribution in [0.1, 0.15) is 31.2 Å². The molecule has 28 heavy (non-hydrogen) atoms. The van der Waals surface area contributed by atoms with Gasteiger partial charge in [-0.3, -0.25) is 4.79 Å². The van der Waals surface area contributed by atoms with Gasteiger partial charge in [0.25, 0.3) is 5.91 Å². The predicted octanol–water partition coefficient (Wildman–Crippen LogP) is 3.89. The quantitative estimate of drug-likeness (QED) is 0.709. The number of carbonyl (C=O) groups is 1. The van der Waals surface area contributed by atoms with E-state index in [4.69, 9.17) is 16.3 Å². The summed E-state index contributed by atoms with van der Waals surface area (Å²) < 4.78 is 33.0. The van der Waals surface area contributed by atoms with E-state index in [0.717, 1.165) is 31.2 Å². The van der Waals surface area contributed by atoms with Crippen LogP contribution in [0.3, 0.4) is 0 Å². The molecule has 0 aliphatic heterocycles. The van der Waals surface area contributed by atoms with Crippen LogP contribution in [-0.4, -0.2) is 27.0 Å². The van der Waals surface area contributed by atoms with Crippen molar-refractivity contribution in [1.82, 2.24) is 4.72 Å². The van der Waals surface area contributed by atoms with Gasteiger partial charge in [-0.2, -0.15) is 0 Å². The van der Waals surface area contributed by atoms with E-state index in [1.54, 1.807) is 30.3 Å². The van der Waals surface area contributed by atoms with Crippen molar-refractivity contribution in [1.29, 1.82) is 0 Å². The largest absolute Gasteiger partial charge is 0.484 e. The minimum absolute atomic E-state index is 0.0135. The van der Waals surface area contributed by atoms with E-state index in [0.29, 0.717) is 16.5 Å². The van der Waals surface area contributed by atoms with Crippen LogP contribution in [0.4, 0.5) is 5.69 Å². The van der Waals surface area contributed by atoms with Gasteiger partial charge in [-0.1, -0.05) is 30.5 Å². The average Bonchev–Trinajstić information content (AvgIpc) is 3.16. The summed E-state index contributed by atoms with van der Waals surface area (Å²) in [4.78, 5) is 12.3. The van der Waals surface area contributed by atoms with E-state index < -0.39 is 10.0 Å². The summed E-state index contributed by atoms with van der Waals surface area (Å²) in [7, 11) is -3.54. The third-order valence-electron chi connectivity index (χ3n) is 4.72. The number of anilines is 1. The third-order valence-corrected chi connectivity index (χ3v) is 6.67. The van der Waals surface area contributed by atoms with Crippen molar-refractivity contribution in [3.63, 3.8) is 0 Å². The summed E-state index contributed by atoms with van der Waals surface area (Å²) in [6.45, 7) is 1.62. The maximum Gasteiger partial charge on any atom is 0.262 e. The number of halogens is 1. The van der Waals surface area contributed by atoms with Crippen molar-refractivity contribution < 1.29 is 17.9 Å². The van der Waals surface area contributed by atoms with Crippen LogP contribution >= 0.6 is 11.6 Å². The number of nitrogens with one attached hydrogen (secondary N) is 2. The number of benzene rings is 2. The van der Waals surface area contributed by atoms with Gasteiger partial charge in [0, 0.05) is 16.8 Å². The Hall–Kier alpha value is -2.09. The summed E-state index contributed by atoms with van der Waals surface area (Å²) in [5, 5.41) is 3.31. The monoisotopic (exact) mass is 422 g/mol. The molecule has 0 spiro atoms. The molecule has 1 aliphatic carbocycles. The van der Waals surface area contributed by atoms with E-state index in [1.165, 1.54) is 12.1 Å². The van der Waals surface area contributed by atoms with Gasteiger partial charge in [-0.15, -0.1) is 0 Å². The number of amides is 1. The Kier molecular flexibility index (Phi) is 6.59. The molecule has 2 N–H and O–H groups in total. The van der Waals surface area contributed by atoms with Gasteiger partial charge in [-0.25, -0.2) is 13.1 Å². The molecular formula is C20H23ClN2O4S. The Morgan fingerprint density at radius 2 is 1.82 bits per heavy atom. The molecule has 0 atom stereocenters.